The first-order valence-corrected chi connectivity index (χ1v) is 9.07. The van der Waals surface area contributed by atoms with Crippen molar-refractivity contribution < 1.29 is 4.79 Å². The molecule has 2 N–H and O–H groups in total. The van der Waals surface area contributed by atoms with Gasteiger partial charge in [0, 0.05) is 23.9 Å². The van der Waals surface area contributed by atoms with Gasteiger partial charge in [0.1, 0.15) is 6.33 Å². The van der Waals surface area contributed by atoms with E-state index in [0.717, 1.165) is 33.9 Å². The summed E-state index contributed by atoms with van der Waals surface area (Å²) in [5.74, 6) is 1.77. The summed E-state index contributed by atoms with van der Waals surface area (Å²) in [7, 11) is 0. The van der Waals surface area contributed by atoms with Crippen LogP contribution in [0.4, 0.5) is 0 Å². The number of nitrogens with zero attached hydrogens (tertiary/aromatic N) is 2. The van der Waals surface area contributed by atoms with Crippen LogP contribution in [0.1, 0.15) is 5.56 Å². The average Bonchev–Trinajstić information content (AvgIpc) is 3.30. The number of aromatic nitrogens is 2. The largest absolute Gasteiger partial charge is 0.351 e. The van der Waals surface area contributed by atoms with Gasteiger partial charge in [-0.1, -0.05) is 24.3 Å². The highest BCUT2D eigenvalue weighted by Gasteiger charge is 2.21. The van der Waals surface area contributed by atoms with E-state index in [1.807, 2.05) is 36.7 Å². The minimum atomic E-state index is -0.0633. The van der Waals surface area contributed by atoms with Crippen molar-refractivity contribution in [3.63, 3.8) is 0 Å². The van der Waals surface area contributed by atoms with Gasteiger partial charge in [-0.15, -0.1) is 11.8 Å². The summed E-state index contributed by atoms with van der Waals surface area (Å²) in [4.78, 5) is 16.4. The van der Waals surface area contributed by atoms with Gasteiger partial charge in [-0.3, -0.25) is 14.7 Å². The molecule has 0 unspecified atom stereocenters. The van der Waals surface area contributed by atoms with Crippen LogP contribution >= 0.6 is 11.8 Å². The third-order valence-corrected chi connectivity index (χ3v) is 5.11. The van der Waals surface area contributed by atoms with Crippen molar-refractivity contribution in [1.82, 2.24) is 20.2 Å². The van der Waals surface area contributed by atoms with Crippen molar-refractivity contribution in [3.05, 3.63) is 60.4 Å². The summed E-state index contributed by atoms with van der Waals surface area (Å²) >= 11 is 1.75. The zero-order valence-electron chi connectivity index (χ0n) is 13.1. The van der Waals surface area contributed by atoms with Gasteiger partial charge in [0.05, 0.1) is 17.1 Å². The minimum Gasteiger partial charge on any atom is -0.351 e. The van der Waals surface area contributed by atoms with Crippen LogP contribution in [0.25, 0.3) is 16.7 Å². The molecule has 1 aliphatic rings. The lowest BCUT2D eigenvalue weighted by molar-refractivity contribution is -0.122. The standard InChI is InChI=1S/C18H18N4OS/c23-18(16-10-24-12-21-16)19-9-13-5-7-14(8-6-13)22-11-20-15-3-1-2-4-17(15)22/h1-8,11,16,21H,9-10,12H2,(H,19,23)/t16-/m0/s1. The van der Waals surface area contributed by atoms with E-state index < -0.39 is 0 Å². The summed E-state index contributed by atoms with van der Waals surface area (Å²) < 4.78 is 2.07. The SMILES string of the molecule is O=C(NCc1ccc(-n2cnc3ccccc32)cc1)[C@@H]1CSCN1. The summed E-state index contributed by atoms with van der Waals surface area (Å²) in [6.45, 7) is 0.548. The normalized spacial score (nSPS) is 17.2. The van der Waals surface area contributed by atoms with Gasteiger partial charge in [0.2, 0.25) is 5.91 Å². The molecule has 0 saturated carbocycles. The number of amides is 1. The molecule has 1 saturated heterocycles. The van der Waals surface area contributed by atoms with Crippen LogP contribution in [-0.2, 0) is 11.3 Å². The van der Waals surface area contributed by atoms with Gasteiger partial charge in [-0.25, -0.2) is 4.98 Å². The zero-order chi connectivity index (χ0) is 16.4. The Labute approximate surface area is 144 Å². The van der Waals surface area contributed by atoms with Crippen molar-refractivity contribution >= 4 is 28.7 Å². The van der Waals surface area contributed by atoms with E-state index in [-0.39, 0.29) is 11.9 Å². The topological polar surface area (TPSA) is 59.0 Å². The molecule has 1 atom stereocenters. The molecule has 4 rings (SSSR count). The van der Waals surface area contributed by atoms with Gasteiger partial charge in [0.15, 0.2) is 0 Å². The fourth-order valence-corrected chi connectivity index (χ4v) is 3.76. The molecule has 1 fully saturated rings. The Morgan fingerprint density at radius 3 is 2.88 bits per heavy atom. The Balaban J connectivity index is 1.45. The highest BCUT2D eigenvalue weighted by atomic mass is 32.2. The molecule has 24 heavy (non-hydrogen) atoms. The average molecular weight is 338 g/mol. The van der Waals surface area contributed by atoms with Crippen LogP contribution in [0, 0.1) is 0 Å². The second kappa shape index (κ2) is 6.67. The van der Waals surface area contributed by atoms with Crippen LogP contribution in [0.2, 0.25) is 0 Å². The molecular weight excluding hydrogens is 320 g/mol. The lowest BCUT2D eigenvalue weighted by atomic mass is 10.2. The first-order valence-electron chi connectivity index (χ1n) is 7.91. The molecule has 1 aromatic heterocycles. The molecule has 0 bridgehead atoms. The van der Waals surface area contributed by atoms with Crippen LogP contribution in [-0.4, -0.2) is 33.1 Å². The molecule has 2 aromatic carbocycles. The number of hydrogen-bond acceptors (Lipinski definition) is 4. The van der Waals surface area contributed by atoms with Crippen LogP contribution in [0.3, 0.4) is 0 Å². The van der Waals surface area contributed by atoms with E-state index >= 15 is 0 Å². The zero-order valence-corrected chi connectivity index (χ0v) is 13.9. The van der Waals surface area contributed by atoms with E-state index in [2.05, 4.69) is 38.4 Å². The maximum Gasteiger partial charge on any atom is 0.238 e. The van der Waals surface area contributed by atoms with Gasteiger partial charge in [-0.2, -0.15) is 0 Å². The van der Waals surface area contributed by atoms with Gasteiger partial charge < -0.3 is 5.32 Å². The van der Waals surface area contributed by atoms with Crippen molar-refractivity contribution in [2.45, 2.75) is 12.6 Å². The van der Waals surface area contributed by atoms with E-state index in [9.17, 15) is 4.79 Å². The Bertz CT molecular complexity index is 853. The third kappa shape index (κ3) is 3.02. The molecule has 0 spiro atoms. The van der Waals surface area contributed by atoms with Crippen LogP contribution < -0.4 is 10.6 Å². The summed E-state index contributed by atoms with van der Waals surface area (Å²) in [5, 5.41) is 6.17. The fraction of sp³-hybridized carbons (Fsp3) is 0.222. The van der Waals surface area contributed by atoms with E-state index in [1.165, 1.54) is 0 Å². The van der Waals surface area contributed by atoms with Crippen molar-refractivity contribution in [1.29, 1.82) is 0 Å². The highest BCUT2D eigenvalue weighted by Crippen LogP contribution is 2.18. The first-order chi connectivity index (χ1) is 11.8. The predicted molar refractivity (Wildman–Crippen MR) is 97.2 cm³/mol. The lowest BCUT2D eigenvalue weighted by Gasteiger charge is -2.11. The van der Waals surface area contributed by atoms with Gasteiger partial charge in [-0.05, 0) is 29.8 Å². The smallest absolute Gasteiger partial charge is 0.238 e. The number of carbonyl (C=O) groups excluding carboxylic acids is 1. The number of fused-ring (bicyclic) bond motifs is 1. The molecule has 1 amide bonds. The molecule has 1 aliphatic heterocycles. The minimum absolute atomic E-state index is 0.0633. The first kappa shape index (κ1) is 15.2. The third-order valence-electron chi connectivity index (χ3n) is 4.17. The molecule has 122 valence electrons. The summed E-state index contributed by atoms with van der Waals surface area (Å²) in [5.41, 5.74) is 4.22. The van der Waals surface area contributed by atoms with Gasteiger partial charge in [0.25, 0.3) is 0 Å². The Hall–Kier alpha value is -2.31. The number of hydrogen-bond donors (Lipinski definition) is 2. The molecule has 0 aliphatic carbocycles. The van der Waals surface area contributed by atoms with Crippen LogP contribution in [0.15, 0.2) is 54.9 Å². The molecule has 5 nitrogen and oxygen atoms in total. The van der Waals surface area contributed by atoms with E-state index in [4.69, 9.17) is 0 Å². The number of para-hydroxylation sites is 2. The number of carbonyl (C=O) groups is 1. The maximum absolute atomic E-state index is 12.0. The quantitative estimate of drug-likeness (QED) is 0.766. The Morgan fingerprint density at radius 1 is 1.25 bits per heavy atom. The molecule has 6 heteroatoms. The van der Waals surface area contributed by atoms with E-state index in [1.54, 1.807) is 11.8 Å². The monoisotopic (exact) mass is 338 g/mol. The van der Waals surface area contributed by atoms with Crippen LogP contribution in [0.5, 0.6) is 0 Å². The Kier molecular flexibility index (Phi) is 4.23. The van der Waals surface area contributed by atoms with E-state index in [0.29, 0.717) is 6.54 Å². The molecule has 2 heterocycles. The number of rotatable bonds is 4. The molecule has 3 aromatic rings. The van der Waals surface area contributed by atoms with Crippen molar-refractivity contribution in [3.8, 4) is 5.69 Å². The predicted octanol–water partition coefficient (Wildman–Crippen LogP) is 2.30. The highest BCUT2D eigenvalue weighted by molar-refractivity contribution is 7.99. The maximum atomic E-state index is 12.0. The Morgan fingerprint density at radius 2 is 2.08 bits per heavy atom. The van der Waals surface area contributed by atoms with Crippen molar-refractivity contribution in [2.75, 3.05) is 11.6 Å². The lowest BCUT2D eigenvalue weighted by Crippen LogP contribution is -2.41. The summed E-state index contributed by atoms with van der Waals surface area (Å²) in [6.07, 6.45) is 1.84. The van der Waals surface area contributed by atoms with Crippen molar-refractivity contribution in [2.24, 2.45) is 0 Å². The number of imidazole rings is 1. The fourth-order valence-electron chi connectivity index (χ4n) is 2.82. The number of thioether (sulfide) groups is 1. The van der Waals surface area contributed by atoms with Gasteiger partial charge >= 0.3 is 0 Å². The molecule has 0 radical (unpaired) electrons. The number of benzene rings is 2. The second-order valence-corrected chi connectivity index (χ2v) is 6.79. The molecular formula is C18H18N4OS. The number of nitrogens with one attached hydrogen (secondary N) is 2. The summed E-state index contributed by atoms with van der Waals surface area (Å²) in [6, 6.07) is 16.2. The second-order valence-electron chi connectivity index (χ2n) is 5.76.